The average molecular weight is 226 g/mol. The van der Waals surface area contributed by atoms with Crippen molar-refractivity contribution >= 4 is 11.6 Å². The smallest absolute Gasteiger partial charge is 0.417 e. The molecule has 6 heteroatoms. The van der Waals surface area contributed by atoms with Gasteiger partial charge in [-0.1, -0.05) is 11.6 Å². The first-order valence-corrected chi connectivity index (χ1v) is 4.18. The van der Waals surface area contributed by atoms with Crippen molar-refractivity contribution in [3.63, 3.8) is 0 Å². The molecule has 2 nitrogen and oxygen atoms in total. The number of ether oxygens (including phenoxy) is 1. The van der Waals surface area contributed by atoms with E-state index in [0.717, 1.165) is 6.07 Å². The molecule has 0 unspecified atom stereocenters. The van der Waals surface area contributed by atoms with Crippen LogP contribution in [0.1, 0.15) is 12.5 Å². The van der Waals surface area contributed by atoms with Crippen molar-refractivity contribution in [1.29, 1.82) is 0 Å². The van der Waals surface area contributed by atoms with Crippen LogP contribution >= 0.6 is 11.6 Å². The van der Waals surface area contributed by atoms with Gasteiger partial charge in [0.1, 0.15) is 5.02 Å². The molecule has 0 saturated heterocycles. The quantitative estimate of drug-likeness (QED) is 0.771. The summed E-state index contributed by atoms with van der Waals surface area (Å²) in [5.41, 5.74) is -0.883. The minimum Gasteiger partial charge on any atom is -0.477 e. The predicted molar refractivity (Wildman–Crippen MR) is 45.4 cm³/mol. The van der Waals surface area contributed by atoms with Gasteiger partial charge in [0.15, 0.2) is 0 Å². The summed E-state index contributed by atoms with van der Waals surface area (Å²) in [7, 11) is 0. The van der Waals surface area contributed by atoms with Crippen molar-refractivity contribution < 1.29 is 17.9 Å². The van der Waals surface area contributed by atoms with E-state index in [2.05, 4.69) is 4.98 Å². The van der Waals surface area contributed by atoms with E-state index in [1.54, 1.807) is 6.92 Å². The predicted octanol–water partition coefficient (Wildman–Crippen LogP) is 3.15. The van der Waals surface area contributed by atoms with E-state index in [-0.39, 0.29) is 10.9 Å². The Morgan fingerprint density at radius 1 is 1.50 bits per heavy atom. The van der Waals surface area contributed by atoms with Gasteiger partial charge in [-0.2, -0.15) is 13.2 Å². The summed E-state index contributed by atoms with van der Waals surface area (Å²) in [5.74, 6) is 0.0159. The maximum absolute atomic E-state index is 12.1. The molecule has 0 N–H and O–H groups in total. The maximum atomic E-state index is 12.1. The second-order valence-electron chi connectivity index (χ2n) is 2.44. The highest BCUT2D eigenvalue weighted by Gasteiger charge is 2.31. The molecule has 0 aromatic carbocycles. The van der Waals surface area contributed by atoms with Gasteiger partial charge in [-0.25, -0.2) is 4.98 Å². The third-order valence-electron chi connectivity index (χ3n) is 1.42. The highest BCUT2D eigenvalue weighted by Crippen LogP contribution is 2.32. The van der Waals surface area contributed by atoms with Crippen LogP contribution in [0, 0.1) is 0 Å². The number of rotatable bonds is 2. The van der Waals surface area contributed by atoms with Gasteiger partial charge in [-0.05, 0) is 13.0 Å². The molecule has 1 aromatic rings. The van der Waals surface area contributed by atoms with E-state index in [1.807, 2.05) is 0 Å². The van der Waals surface area contributed by atoms with Crippen LogP contribution in [0.25, 0.3) is 0 Å². The fourth-order valence-electron chi connectivity index (χ4n) is 0.823. The number of hydrogen-bond acceptors (Lipinski definition) is 2. The molecule has 1 heterocycles. The molecular formula is C8H7ClF3NO. The molecule has 0 saturated carbocycles. The molecule has 1 aromatic heterocycles. The van der Waals surface area contributed by atoms with E-state index in [1.165, 1.54) is 0 Å². The third kappa shape index (κ3) is 2.51. The van der Waals surface area contributed by atoms with Crippen molar-refractivity contribution in [2.75, 3.05) is 6.61 Å². The first kappa shape index (κ1) is 11.1. The monoisotopic (exact) mass is 225 g/mol. The SMILES string of the molecule is CCOc1ncc(C(F)(F)F)cc1Cl. The zero-order valence-corrected chi connectivity index (χ0v) is 7.99. The minimum absolute atomic E-state index is 0.0159. The largest absolute Gasteiger partial charge is 0.477 e. The molecule has 0 spiro atoms. The normalized spacial score (nSPS) is 11.5. The van der Waals surface area contributed by atoms with Crippen LogP contribution in [0.15, 0.2) is 12.3 Å². The second kappa shape index (κ2) is 4.04. The Labute approximate surface area is 83.7 Å². The van der Waals surface area contributed by atoms with E-state index >= 15 is 0 Å². The molecule has 0 bridgehead atoms. The Balaban J connectivity index is 3.01. The van der Waals surface area contributed by atoms with Crippen molar-refractivity contribution in [2.24, 2.45) is 0 Å². The van der Waals surface area contributed by atoms with Gasteiger partial charge >= 0.3 is 6.18 Å². The Bertz CT molecular complexity index is 327. The van der Waals surface area contributed by atoms with E-state index in [4.69, 9.17) is 16.3 Å². The molecule has 0 atom stereocenters. The Morgan fingerprint density at radius 2 is 2.14 bits per heavy atom. The molecular weight excluding hydrogens is 219 g/mol. The van der Waals surface area contributed by atoms with Gasteiger partial charge in [-0.3, -0.25) is 0 Å². The van der Waals surface area contributed by atoms with E-state index in [0.29, 0.717) is 12.8 Å². The molecule has 0 aliphatic rings. The van der Waals surface area contributed by atoms with Gasteiger partial charge in [0.25, 0.3) is 0 Å². The van der Waals surface area contributed by atoms with E-state index < -0.39 is 11.7 Å². The molecule has 0 amide bonds. The number of pyridine rings is 1. The minimum atomic E-state index is -4.43. The lowest BCUT2D eigenvalue weighted by Crippen LogP contribution is -2.06. The average Bonchev–Trinajstić information content (AvgIpc) is 2.07. The summed E-state index contributed by atoms with van der Waals surface area (Å²) in [4.78, 5) is 3.46. The Morgan fingerprint density at radius 3 is 2.57 bits per heavy atom. The van der Waals surface area contributed by atoms with Crippen LogP contribution < -0.4 is 4.74 Å². The van der Waals surface area contributed by atoms with Crippen LogP contribution in [-0.2, 0) is 6.18 Å². The fraction of sp³-hybridized carbons (Fsp3) is 0.375. The highest BCUT2D eigenvalue weighted by molar-refractivity contribution is 6.31. The van der Waals surface area contributed by atoms with Crippen LogP contribution in [0.5, 0.6) is 5.88 Å². The van der Waals surface area contributed by atoms with Gasteiger partial charge in [0, 0.05) is 6.20 Å². The highest BCUT2D eigenvalue weighted by atomic mass is 35.5. The summed E-state index contributed by atoms with van der Waals surface area (Å²) >= 11 is 5.53. The van der Waals surface area contributed by atoms with Gasteiger partial charge in [0.2, 0.25) is 5.88 Å². The van der Waals surface area contributed by atoms with Crippen molar-refractivity contribution in [2.45, 2.75) is 13.1 Å². The molecule has 0 fully saturated rings. The standard InChI is InChI=1S/C8H7ClF3NO/c1-2-14-7-6(9)3-5(4-13-7)8(10,11)12/h3-4H,2H2,1H3. The maximum Gasteiger partial charge on any atom is 0.417 e. The molecule has 1 rings (SSSR count). The number of halogens is 4. The molecule has 0 aliphatic heterocycles. The van der Waals surface area contributed by atoms with Gasteiger partial charge in [0.05, 0.1) is 12.2 Å². The van der Waals surface area contributed by atoms with E-state index in [9.17, 15) is 13.2 Å². The third-order valence-corrected chi connectivity index (χ3v) is 1.69. The Kier molecular flexibility index (Phi) is 3.21. The van der Waals surface area contributed by atoms with Crippen LogP contribution in [0.2, 0.25) is 5.02 Å². The summed E-state index contributed by atoms with van der Waals surface area (Å²) in [5, 5.41) is -0.137. The van der Waals surface area contributed by atoms with Gasteiger partial charge < -0.3 is 4.74 Å². The number of nitrogens with zero attached hydrogens (tertiary/aromatic N) is 1. The van der Waals surface area contributed by atoms with Crippen LogP contribution in [-0.4, -0.2) is 11.6 Å². The second-order valence-corrected chi connectivity index (χ2v) is 2.85. The summed E-state index contributed by atoms with van der Waals surface area (Å²) in [6, 6.07) is 0.791. The Hall–Kier alpha value is -0.970. The first-order valence-electron chi connectivity index (χ1n) is 3.80. The summed E-state index contributed by atoms with van der Waals surface area (Å²) in [6.45, 7) is 1.99. The molecule has 0 radical (unpaired) electrons. The van der Waals surface area contributed by atoms with Crippen LogP contribution in [0.3, 0.4) is 0 Å². The number of aromatic nitrogens is 1. The van der Waals surface area contributed by atoms with Gasteiger partial charge in [-0.15, -0.1) is 0 Å². The number of hydrogen-bond donors (Lipinski definition) is 0. The number of alkyl halides is 3. The zero-order chi connectivity index (χ0) is 10.8. The summed E-state index contributed by atoms with van der Waals surface area (Å²) in [6.07, 6.45) is -3.74. The molecule has 14 heavy (non-hydrogen) atoms. The van der Waals surface area contributed by atoms with Crippen molar-refractivity contribution in [1.82, 2.24) is 4.98 Å². The van der Waals surface area contributed by atoms with Crippen molar-refractivity contribution in [3.8, 4) is 5.88 Å². The summed E-state index contributed by atoms with van der Waals surface area (Å²) < 4.78 is 41.3. The molecule has 78 valence electrons. The lowest BCUT2D eigenvalue weighted by atomic mass is 10.3. The zero-order valence-electron chi connectivity index (χ0n) is 7.23. The topological polar surface area (TPSA) is 22.1 Å². The first-order chi connectivity index (χ1) is 6.45. The molecule has 0 aliphatic carbocycles. The lowest BCUT2D eigenvalue weighted by molar-refractivity contribution is -0.137. The van der Waals surface area contributed by atoms with Crippen molar-refractivity contribution in [3.05, 3.63) is 22.8 Å². The lowest BCUT2D eigenvalue weighted by Gasteiger charge is -2.08. The van der Waals surface area contributed by atoms with Crippen LogP contribution in [0.4, 0.5) is 13.2 Å². The fourth-order valence-corrected chi connectivity index (χ4v) is 1.04.